The van der Waals surface area contributed by atoms with Crippen LogP contribution in [-0.4, -0.2) is 54.9 Å². The number of ether oxygens (including phenoxy) is 1. The fourth-order valence-corrected chi connectivity index (χ4v) is 2.25. The molecule has 1 saturated heterocycles. The van der Waals surface area contributed by atoms with Crippen molar-refractivity contribution in [2.45, 2.75) is 19.5 Å². The number of rotatable bonds is 5. The predicted molar refractivity (Wildman–Crippen MR) is 76.2 cm³/mol. The summed E-state index contributed by atoms with van der Waals surface area (Å²) in [6, 6.07) is 4.78. The summed E-state index contributed by atoms with van der Waals surface area (Å²) in [7, 11) is 0. The Kier molecular flexibility index (Phi) is 5.67. The van der Waals surface area contributed by atoms with Crippen molar-refractivity contribution in [3.63, 3.8) is 0 Å². The fraction of sp³-hybridized carbons (Fsp3) is 0.533. The van der Waals surface area contributed by atoms with Crippen molar-refractivity contribution in [3.05, 3.63) is 35.1 Å². The Hall–Kier alpha value is -1.50. The normalized spacial score (nSPS) is 19.5. The van der Waals surface area contributed by atoms with Gasteiger partial charge in [0.15, 0.2) is 0 Å². The number of hydrogen-bond acceptors (Lipinski definition) is 4. The van der Waals surface area contributed by atoms with Crippen LogP contribution in [-0.2, 0) is 16.1 Å². The van der Waals surface area contributed by atoms with Gasteiger partial charge >= 0.3 is 0 Å². The van der Waals surface area contributed by atoms with Crippen LogP contribution in [0.25, 0.3) is 0 Å². The van der Waals surface area contributed by atoms with Gasteiger partial charge in [0.25, 0.3) is 0 Å². The molecule has 1 aromatic rings. The number of hydrogen-bond donors (Lipinski definition) is 2. The van der Waals surface area contributed by atoms with Gasteiger partial charge in [-0.05, 0) is 24.1 Å². The van der Waals surface area contributed by atoms with Crippen molar-refractivity contribution in [2.24, 2.45) is 0 Å². The number of carbonyl (C=O) groups is 1. The van der Waals surface area contributed by atoms with Crippen LogP contribution < -0.4 is 5.32 Å². The minimum Gasteiger partial charge on any atom is -0.395 e. The highest BCUT2D eigenvalue weighted by atomic mass is 19.1. The molecule has 0 bridgehead atoms. The van der Waals surface area contributed by atoms with Gasteiger partial charge < -0.3 is 15.2 Å². The number of benzene rings is 1. The summed E-state index contributed by atoms with van der Waals surface area (Å²) >= 11 is 0. The number of aryl methyl sites for hydroxylation is 1. The molecule has 2 rings (SSSR count). The zero-order chi connectivity index (χ0) is 15.2. The van der Waals surface area contributed by atoms with Gasteiger partial charge in [0.1, 0.15) is 5.82 Å². The standard InChI is InChI=1S/C15H21FN2O3/c1-11-2-3-12(6-14(11)16)7-17-15(20)8-18-4-5-21-10-13(18)9-19/h2-3,6,13,19H,4-5,7-10H2,1H3,(H,17,20). The first-order valence-corrected chi connectivity index (χ1v) is 7.04. The SMILES string of the molecule is Cc1ccc(CNC(=O)CN2CCOCC2CO)cc1F. The van der Waals surface area contributed by atoms with E-state index in [1.807, 2.05) is 4.90 Å². The molecule has 1 aromatic carbocycles. The number of aliphatic hydroxyl groups excluding tert-OH is 1. The molecule has 6 heteroatoms. The first-order valence-electron chi connectivity index (χ1n) is 7.04. The van der Waals surface area contributed by atoms with Crippen LogP contribution in [0.4, 0.5) is 4.39 Å². The third-order valence-electron chi connectivity index (χ3n) is 3.63. The van der Waals surface area contributed by atoms with Crippen molar-refractivity contribution in [1.29, 1.82) is 0 Å². The number of aliphatic hydroxyl groups is 1. The van der Waals surface area contributed by atoms with Crippen LogP contribution in [0.15, 0.2) is 18.2 Å². The van der Waals surface area contributed by atoms with E-state index >= 15 is 0 Å². The van der Waals surface area contributed by atoms with Crippen LogP contribution in [0, 0.1) is 12.7 Å². The van der Waals surface area contributed by atoms with E-state index in [9.17, 15) is 14.3 Å². The summed E-state index contributed by atoms with van der Waals surface area (Å²) in [4.78, 5) is 13.8. The molecule has 0 spiro atoms. The molecular formula is C15H21FN2O3. The lowest BCUT2D eigenvalue weighted by molar-refractivity contribution is -0.125. The molecule has 0 radical (unpaired) electrons. The van der Waals surface area contributed by atoms with Crippen LogP contribution in [0.2, 0.25) is 0 Å². The molecule has 1 fully saturated rings. The smallest absolute Gasteiger partial charge is 0.234 e. The number of carbonyl (C=O) groups excluding carboxylic acids is 1. The van der Waals surface area contributed by atoms with Gasteiger partial charge in [-0.3, -0.25) is 9.69 Å². The monoisotopic (exact) mass is 296 g/mol. The summed E-state index contributed by atoms with van der Waals surface area (Å²) in [5.41, 5.74) is 1.32. The van der Waals surface area contributed by atoms with Gasteiger partial charge in [-0.15, -0.1) is 0 Å². The van der Waals surface area contributed by atoms with E-state index in [-0.39, 0.29) is 30.9 Å². The first kappa shape index (κ1) is 15.9. The Labute approximate surface area is 123 Å². The largest absolute Gasteiger partial charge is 0.395 e. The highest BCUT2D eigenvalue weighted by molar-refractivity contribution is 5.78. The maximum absolute atomic E-state index is 13.4. The van der Waals surface area contributed by atoms with Crippen molar-refractivity contribution < 1.29 is 19.0 Å². The highest BCUT2D eigenvalue weighted by Gasteiger charge is 2.23. The Morgan fingerprint density at radius 2 is 2.38 bits per heavy atom. The average molecular weight is 296 g/mol. The molecule has 116 valence electrons. The molecular weight excluding hydrogens is 275 g/mol. The lowest BCUT2D eigenvalue weighted by atomic mass is 10.1. The van der Waals surface area contributed by atoms with Gasteiger partial charge in [0, 0.05) is 13.1 Å². The minimum atomic E-state index is -0.268. The summed E-state index contributed by atoms with van der Waals surface area (Å²) in [6.45, 7) is 3.80. The maximum atomic E-state index is 13.4. The van der Waals surface area contributed by atoms with E-state index in [0.29, 0.717) is 31.9 Å². The van der Waals surface area contributed by atoms with Gasteiger partial charge in [-0.2, -0.15) is 0 Å². The van der Waals surface area contributed by atoms with E-state index in [4.69, 9.17) is 4.74 Å². The van der Waals surface area contributed by atoms with Crippen molar-refractivity contribution in [3.8, 4) is 0 Å². The van der Waals surface area contributed by atoms with Crippen LogP contribution >= 0.6 is 0 Å². The molecule has 21 heavy (non-hydrogen) atoms. The number of amides is 1. The molecule has 5 nitrogen and oxygen atoms in total. The van der Waals surface area contributed by atoms with Gasteiger partial charge in [0.05, 0.1) is 32.4 Å². The Balaban J connectivity index is 1.82. The Bertz CT molecular complexity index is 496. The zero-order valence-corrected chi connectivity index (χ0v) is 12.1. The Morgan fingerprint density at radius 3 is 3.10 bits per heavy atom. The van der Waals surface area contributed by atoms with Gasteiger partial charge in [-0.25, -0.2) is 4.39 Å². The molecule has 1 atom stereocenters. The molecule has 1 aliphatic rings. The summed E-state index contributed by atoms with van der Waals surface area (Å²) in [5.74, 6) is -0.411. The molecule has 1 unspecified atom stereocenters. The highest BCUT2D eigenvalue weighted by Crippen LogP contribution is 2.09. The first-order chi connectivity index (χ1) is 10.1. The third kappa shape index (κ3) is 4.49. The second kappa shape index (κ2) is 7.49. The fourth-order valence-electron chi connectivity index (χ4n) is 2.25. The van der Waals surface area contributed by atoms with E-state index in [1.54, 1.807) is 19.1 Å². The molecule has 1 aliphatic heterocycles. The molecule has 0 saturated carbocycles. The number of nitrogens with one attached hydrogen (secondary N) is 1. The van der Waals surface area contributed by atoms with E-state index in [2.05, 4.69) is 5.32 Å². The molecule has 1 amide bonds. The molecule has 0 aromatic heterocycles. The summed E-state index contributed by atoms with van der Waals surface area (Å²) < 4.78 is 18.7. The van der Waals surface area contributed by atoms with Gasteiger partial charge in [-0.1, -0.05) is 12.1 Å². The zero-order valence-electron chi connectivity index (χ0n) is 12.1. The number of halogens is 1. The minimum absolute atomic E-state index is 0.0313. The van der Waals surface area contributed by atoms with Crippen molar-refractivity contribution in [2.75, 3.05) is 32.9 Å². The van der Waals surface area contributed by atoms with E-state index in [1.165, 1.54) is 6.07 Å². The lowest BCUT2D eigenvalue weighted by Crippen LogP contribution is -2.51. The van der Waals surface area contributed by atoms with Gasteiger partial charge in [0.2, 0.25) is 5.91 Å². The number of nitrogens with zero attached hydrogens (tertiary/aromatic N) is 1. The number of morpholine rings is 1. The lowest BCUT2D eigenvalue weighted by Gasteiger charge is -2.33. The van der Waals surface area contributed by atoms with E-state index in [0.717, 1.165) is 5.56 Å². The van der Waals surface area contributed by atoms with Crippen LogP contribution in [0.5, 0.6) is 0 Å². The quantitative estimate of drug-likeness (QED) is 0.828. The predicted octanol–water partition coefficient (Wildman–Crippen LogP) is 0.443. The molecule has 0 aliphatic carbocycles. The van der Waals surface area contributed by atoms with Crippen molar-refractivity contribution >= 4 is 5.91 Å². The topological polar surface area (TPSA) is 61.8 Å². The Morgan fingerprint density at radius 1 is 1.57 bits per heavy atom. The van der Waals surface area contributed by atoms with Crippen LogP contribution in [0.1, 0.15) is 11.1 Å². The second-order valence-corrected chi connectivity index (χ2v) is 5.24. The molecule has 1 heterocycles. The summed E-state index contributed by atoms with van der Waals surface area (Å²) in [6.07, 6.45) is 0. The average Bonchev–Trinajstić information content (AvgIpc) is 2.49. The van der Waals surface area contributed by atoms with E-state index < -0.39 is 0 Å². The third-order valence-corrected chi connectivity index (χ3v) is 3.63. The van der Waals surface area contributed by atoms with Crippen molar-refractivity contribution in [1.82, 2.24) is 10.2 Å². The molecule has 2 N–H and O–H groups in total. The van der Waals surface area contributed by atoms with Crippen LogP contribution in [0.3, 0.4) is 0 Å². The second-order valence-electron chi connectivity index (χ2n) is 5.24. The maximum Gasteiger partial charge on any atom is 0.234 e. The summed E-state index contributed by atoms with van der Waals surface area (Å²) in [5, 5.41) is 12.0.